The first kappa shape index (κ1) is 15.0. The fourth-order valence-electron chi connectivity index (χ4n) is 1.66. The molecule has 0 bridgehead atoms. The van der Waals surface area contributed by atoms with Gasteiger partial charge < -0.3 is 5.11 Å². The number of halogens is 4. The molecule has 0 amide bonds. The van der Waals surface area contributed by atoms with E-state index in [4.69, 9.17) is 39.9 Å². The van der Waals surface area contributed by atoms with Gasteiger partial charge in [-0.1, -0.05) is 34.8 Å². The molecule has 20 heavy (non-hydrogen) atoms. The fraction of sp³-hybridized carbons (Fsp3) is 0.0769. The number of aliphatic carboxylic acids is 1. The minimum absolute atomic E-state index is 0.0114. The Morgan fingerprint density at radius 2 is 1.95 bits per heavy atom. The van der Waals surface area contributed by atoms with Crippen molar-refractivity contribution in [3.05, 3.63) is 50.8 Å². The van der Waals surface area contributed by atoms with Gasteiger partial charge in [0.15, 0.2) is 0 Å². The van der Waals surface area contributed by atoms with Crippen LogP contribution in [0.25, 0.3) is 11.3 Å². The van der Waals surface area contributed by atoms with Gasteiger partial charge in [0, 0.05) is 11.8 Å². The monoisotopic (exact) mass is 333 g/mol. The molecule has 0 saturated carbocycles. The molecule has 104 valence electrons. The van der Waals surface area contributed by atoms with Crippen LogP contribution in [0.2, 0.25) is 15.1 Å². The molecule has 0 atom stereocenters. The minimum Gasteiger partial charge on any atom is -0.481 e. The highest BCUT2D eigenvalue weighted by molar-refractivity contribution is 6.49. The Morgan fingerprint density at radius 1 is 1.25 bits per heavy atom. The van der Waals surface area contributed by atoms with E-state index in [-0.39, 0.29) is 32.7 Å². The molecule has 0 saturated heterocycles. The summed E-state index contributed by atoms with van der Waals surface area (Å²) in [6, 6.07) is 4.09. The number of benzene rings is 1. The van der Waals surface area contributed by atoms with Crippen molar-refractivity contribution in [3.63, 3.8) is 0 Å². The molecule has 1 heterocycles. The molecule has 0 aliphatic heterocycles. The van der Waals surface area contributed by atoms with Gasteiger partial charge in [-0.25, -0.2) is 4.39 Å². The molecule has 7 heteroatoms. The quantitative estimate of drug-likeness (QED) is 0.842. The Kier molecular flexibility index (Phi) is 4.48. The first-order chi connectivity index (χ1) is 9.40. The summed E-state index contributed by atoms with van der Waals surface area (Å²) in [5.74, 6) is -1.74. The fourth-order valence-corrected chi connectivity index (χ4v) is 2.28. The molecule has 0 unspecified atom stereocenters. The highest BCUT2D eigenvalue weighted by atomic mass is 35.5. The first-order valence-electron chi connectivity index (χ1n) is 5.40. The minimum atomic E-state index is -1.06. The van der Waals surface area contributed by atoms with E-state index >= 15 is 0 Å². The van der Waals surface area contributed by atoms with Crippen molar-refractivity contribution in [1.29, 1.82) is 0 Å². The molecule has 1 aromatic carbocycles. The van der Waals surface area contributed by atoms with Crippen LogP contribution < -0.4 is 0 Å². The van der Waals surface area contributed by atoms with Gasteiger partial charge in [-0.3, -0.25) is 9.78 Å². The maximum Gasteiger partial charge on any atom is 0.307 e. The van der Waals surface area contributed by atoms with Gasteiger partial charge in [0.1, 0.15) is 11.5 Å². The van der Waals surface area contributed by atoms with Crippen LogP contribution in [0.4, 0.5) is 4.39 Å². The first-order valence-corrected chi connectivity index (χ1v) is 6.53. The normalized spacial score (nSPS) is 10.6. The maximum atomic E-state index is 14.0. The van der Waals surface area contributed by atoms with Crippen LogP contribution in [-0.2, 0) is 11.2 Å². The lowest BCUT2D eigenvalue weighted by atomic mass is 10.1. The van der Waals surface area contributed by atoms with E-state index in [2.05, 4.69) is 4.98 Å². The molecular weight excluding hydrogens is 328 g/mol. The zero-order chi connectivity index (χ0) is 14.9. The molecule has 3 nitrogen and oxygen atoms in total. The second kappa shape index (κ2) is 5.95. The Hall–Kier alpha value is -1.36. The summed E-state index contributed by atoms with van der Waals surface area (Å²) < 4.78 is 14.0. The molecule has 1 N–H and O–H groups in total. The van der Waals surface area contributed by atoms with Crippen molar-refractivity contribution >= 4 is 40.8 Å². The van der Waals surface area contributed by atoms with E-state index in [0.717, 1.165) is 6.07 Å². The van der Waals surface area contributed by atoms with Gasteiger partial charge in [-0.2, -0.15) is 0 Å². The number of hydrogen-bond donors (Lipinski definition) is 1. The molecule has 0 aliphatic carbocycles. The van der Waals surface area contributed by atoms with Gasteiger partial charge >= 0.3 is 5.97 Å². The van der Waals surface area contributed by atoms with E-state index in [1.54, 1.807) is 0 Å². The number of rotatable bonds is 3. The second-order valence-electron chi connectivity index (χ2n) is 3.97. The van der Waals surface area contributed by atoms with Crippen molar-refractivity contribution in [2.24, 2.45) is 0 Å². The number of carboxylic acid groups (broad SMARTS) is 1. The number of nitrogens with zero attached hydrogens (tertiary/aromatic N) is 1. The third-order valence-electron chi connectivity index (χ3n) is 2.54. The lowest BCUT2D eigenvalue weighted by Crippen LogP contribution is -2.02. The Morgan fingerprint density at radius 3 is 2.55 bits per heavy atom. The Bertz CT molecular complexity index is 692. The van der Waals surface area contributed by atoms with Crippen molar-refractivity contribution in [3.8, 4) is 11.3 Å². The average Bonchev–Trinajstić information content (AvgIpc) is 2.37. The van der Waals surface area contributed by atoms with Crippen molar-refractivity contribution in [1.82, 2.24) is 4.98 Å². The number of carboxylic acids is 1. The summed E-state index contributed by atoms with van der Waals surface area (Å²) in [6.07, 6.45) is 0.977. The molecule has 1 aromatic heterocycles. The summed E-state index contributed by atoms with van der Waals surface area (Å²) in [6.45, 7) is 0. The van der Waals surface area contributed by atoms with Crippen LogP contribution in [0, 0.1) is 5.82 Å². The Balaban J connectivity index is 2.49. The zero-order valence-electron chi connectivity index (χ0n) is 9.83. The van der Waals surface area contributed by atoms with Crippen molar-refractivity contribution in [2.75, 3.05) is 0 Å². The van der Waals surface area contributed by atoms with Crippen LogP contribution in [-0.4, -0.2) is 16.1 Å². The van der Waals surface area contributed by atoms with Crippen LogP contribution >= 0.6 is 34.8 Å². The van der Waals surface area contributed by atoms with E-state index in [0.29, 0.717) is 5.56 Å². The molecule has 2 aromatic rings. The molecular formula is C13H7Cl3FNO2. The van der Waals surface area contributed by atoms with Gasteiger partial charge in [-0.05, 0) is 23.8 Å². The number of pyridine rings is 1. The summed E-state index contributed by atoms with van der Waals surface area (Å²) in [7, 11) is 0. The lowest BCUT2D eigenvalue weighted by Gasteiger charge is -2.08. The zero-order valence-corrected chi connectivity index (χ0v) is 12.1. The van der Waals surface area contributed by atoms with Crippen LogP contribution in [0.1, 0.15) is 5.56 Å². The molecule has 0 aliphatic rings. The number of carbonyl (C=O) groups is 1. The van der Waals surface area contributed by atoms with Gasteiger partial charge in [0.25, 0.3) is 0 Å². The molecule has 0 fully saturated rings. The summed E-state index contributed by atoms with van der Waals surface area (Å²) in [5.41, 5.74) is 0.540. The predicted octanol–water partition coefficient (Wildman–Crippen LogP) is 4.48. The van der Waals surface area contributed by atoms with Gasteiger partial charge in [-0.15, -0.1) is 0 Å². The van der Waals surface area contributed by atoms with Crippen molar-refractivity contribution < 1.29 is 14.3 Å². The second-order valence-corrected chi connectivity index (χ2v) is 5.13. The SMILES string of the molecule is O=C(O)Cc1cnc(-c2ccc(Cl)c(Cl)c2Cl)c(F)c1. The summed E-state index contributed by atoms with van der Waals surface area (Å²) >= 11 is 17.7. The number of aromatic nitrogens is 1. The lowest BCUT2D eigenvalue weighted by molar-refractivity contribution is -0.136. The van der Waals surface area contributed by atoms with Crippen LogP contribution in [0.5, 0.6) is 0 Å². The largest absolute Gasteiger partial charge is 0.481 e. The standard InChI is InChI=1S/C13H7Cl3FNO2/c14-8-2-1-7(11(15)12(8)16)13-9(17)3-6(5-18-13)4-10(19)20/h1-3,5H,4H2,(H,19,20). The van der Waals surface area contributed by atoms with E-state index in [1.165, 1.54) is 18.3 Å². The highest BCUT2D eigenvalue weighted by Crippen LogP contribution is 2.38. The van der Waals surface area contributed by atoms with E-state index in [9.17, 15) is 9.18 Å². The summed E-state index contributed by atoms with van der Waals surface area (Å²) in [4.78, 5) is 14.5. The third kappa shape index (κ3) is 3.03. The van der Waals surface area contributed by atoms with Gasteiger partial charge in [0.05, 0.1) is 21.5 Å². The molecule has 2 rings (SSSR count). The molecule has 0 spiro atoms. The Labute approximate surface area is 128 Å². The highest BCUT2D eigenvalue weighted by Gasteiger charge is 2.16. The predicted molar refractivity (Wildman–Crippen MR) is 76.0 cm³/mol. The van der Waals surface area contributed by atoms with E-state index in [1.807, 2.05) is 0 Å². The van der Waals surface area contributed by atoms with Crippen LogP contribution in [0.3, 0.4) is 0 Å². The molecule has 0 radical (unpaired) electrons. The van der Waals surface area contributed by atoms with E-state index < -0.39 is 11.8 Å². The van der Waals surface area contributed by atoms with Crippen LogP contribution in [0.15, 0.2) is 24.4 Å². The number of hydrogen-bond acceptors (Lipinski definition) is 2. The maximum absolute atomic E-state index is 14.0. The van der Waals surface area contributed by atoms with Crippen molar-refractivity contribution in [2.45, 2.75) is 6.42 Å². The average molecular weight is 335 g/mol. The summed E-state index contributed by atoms with van der Waals surface area (Å²) in [5, 5.41) is 9.11. The third-order valence-corrected chi connectivity index (χ3v) is 3.84. The smallest absolute Gasteiger partial charge is 0.307 e. The topological polar surface area (TPSA) is 50.2 Å². The van der Waals surface area contributed by atoms with Gasteiger partial charge in [0.2, 0.25) is 0 Å².